The number of hydrogen-bond donors (Lipinski definition) is 0. The van der Waals surface area contributed by atoms with Crippen LogP contribution in [0.5, 0.6) is 0 Å². The Morgan fingerprint density at radius 2 is 1.37 bits per heavy atom. The Morgan fingerprint density at radius 1 is 0.857 bits per heavy atom. The molecule has 0 spiro atoms. The summed E-state index contributed by atoms with van der Waals surface area (Å²) in [6.45, 7) is 1.63. The first-order chi connectivity index (χ1) is 16.2. The van der Waals surface area contributed by atoms with E-state index in [0.717, 1.165) is 18.7 Å². The highest BCUT2D eigenvalue weighted by Gasteiger charge is 2.53. The molecule has 12 heteroatoms. The molecule has 35 heavy (non-hydrogen) atoms. The average molecular weight is 503 g/mol. The summed E-state index contributed by atoms with van der Waals surface area (Å²) in [4.78, 5) is 37.5. The molecule has 1 aliphatic heterocycles. The number of halogens is 6. The monoisotopic (exact) mass is 503 g/mol. The van der Waals surface area contributed by atoms with Gasteiger partial charge in [0, 0.05) is 20.4 Å². The molecule has 188 valence electrons. The molecule has 0 N–H and O–H groups in total. The summed E-state index contributed by atoms with van der Waals surface area (Å²) >= 11 is 0. The van der Waals surface area contributed by atoms with Gasteiger partial charge in [0.1, 0.15) is 0 Å². The van der Waals surface area contributed by atoms with Crippen LogP contribution >= 0.6 is 0 Å². The van der Waals surface area contributed by atoms with E-state index in [0.29, 0.717) is 17.7 Å². The largest absolute Gasteiger partial charge is 0.455 e. The van der Waals surface area contributed by atoms with E-state index in [9.17, 15) is 40.7 Å². The number of benzene rings is 2. The maximum Gasteiger partial charge on any atom is 0.416 e. The van der Waals surface area contributed by atoms with Gasteiger partial charge in [0.25, 0.3) is 5.91 Å². The lowest BCUT2D eigenvalue weighted by atomic mass is 9.95. The number of ether oxygens (including phenoxy) is 2. The van der Waals surface area contributed by atoms with Gasteiger partial charge in [-0.3, -0.25) is 14.4 Å². The van der Waals surface area contributed by atoms with Crippen LogP contribution in [0.4, 0.5) is 26.3 Å². The number of esters is 2. The summed E-state index contributed by atoms with van der Waals surface area (Å²) in [5.74, 6) is -2.87. The van der Waals surface area contributed by atoms with E-state index in [2.05, 4.69) is 0 Å². The molecule has 0 radical (unpaired) electrons. The normalized spacial score (nSPS) is 20.6. The molecule has 1 fully saturated rings. The van der Waals surface area contributed by atoms with Gasteiger partial charge in [0.15, 0.2) is 6.10 Å². The van der Waals surface area contributed by atoms with Crippen molar-refractivity contribution in [3.05, 3.63) is 70.8 Å². The van der Waals surface area contributed by atoms with Crippen LogP contribution in [0, 0.1) is 0 Å². The van der Waals surface area contributed by atoms with Crippen LogP contribution in [0.25, 0.3) is 0 Å². The molecular formula is C23H19F6NO5. The van der Waals surface area contributed by atoms with E-state index in [4.69, 9.17) is 9.47 Å². The van der Waals surface area contributed by atoms with Crippen molar-refractivity contribution in [2.75, 3.05) is 0 Å². The van der Waals surface area contributed by atoms with Gasteiger partial charge in [-0.05, 0) is 29.3 Å². The third-order valence-electron chi connectivity index (χ3n) is 5.21. The second-order valence-corrected chi connectivity index (χ2v) is 7.84. The van der Waals surface area contributed by atoms with Crippen LogP contribution in [0.2, 0.25) is 0 Å². The smallest absolute Gasteiger partial charge is 0.416 e. The number of amides is 1. The molecule has 1 unspecified atom stereocenters. The maximum atomic E-state index is 13.5. The molecule has 2 aromatic carbocycles. The van der Waals surface area contributed by atoms with Crippen LogP contribution in [-0.2, 0) is 42.8 Å². The summed E-state index contributed by atoms with van der Waals surface area (Å²) in [6.07, 6.45) is -13.8. The molecule has 2 aromatic rings. The van der Waals surface area contributed by atoms with Crippen LogP contribution in [0.15, 0.2) is 48.5 Å². The number of nitrogens with zero attached hydrogens (tertiary/aromatic N) is 1. The van der Waals surface area contributed by atoms with Gasteiger partial charge in [-0.1, -0.05) is 30.3 Å². The number of likely N-dealkylation sites (tertiary alicyclic amines) is 1. The van der Waals surface area contributed by atoms with E-state index in [-0.39, 0.29) is 12.6 Å². The van der Waals surface area contributed by atoms with Gasteiger partial charge in [0.2, 0.25) is 6.10 Å². The Balaban J connectivity index is 2.23. The average Bonchev–Trinajstić information content (AvgIpc) is 2.97. The first kappa shape index (κ1) is 26.0. The lowest BCUT2D eigenvalue weighted by molar-refractivity contribution is -0.166. The minimum absolute atomic E-state index is 0.0494. The van der Waals surface area contributed by atoms with E-state index < -0.39 is 65.1 Å². The predicted molar refractivity (Wildman–Crippen MR) is 107 cm³/mol. The fraction of sp³-hybridized carbons (Fsp3) is 0.348. The molecule has 3 rings (SSSR count). The van der Waals surface area contributed by atoms with Crippen molar-refractivity contribution in [2.45, 2.75) is 51.0 Å². The van der Waals surface area contributed by atoms with Crippen molar-refractivity contribution in [1.29, 1.82) is 0 Å². The molecule has 1 aliphatic rings. The molecule has 3 atom stereocenters. The van der Waals surface area contributed by atoms with Crippen molar-refractivity contribution in [3.8, 4) is 0 Å². The number of rotatable bonds is 5. The fourth-order valence-corrected chi connectivity index (χ4v) is 3.87. The molecule has 1 amide bonds. The molecule has 0 bridgehead atoms. The van der Waals surface area contributed by atoms with Gasteiger partial charge in [0.05, 0.1) is 17.2 Å². The first-order valence-corrected chi connectivity index (χ1v) is 10.2. The van der Waals surface area contributed by atoms with Gasteiger partial charge in [-0.2, -0.15) is 26.3 Å². The Kier molecular flexibility index (Phi) is 7.13. The third kappa shape index (κ3) is 5.92. The molecule has 6 nitrogen and oxygen atoms in total. The molecule has 0 aliphatic carbocycles. The van der Waals surface area contributed by atoms with Gasteiger partial charge in [-0.25, -0.2) is 0 Å². The van der Waals surface area contributed by atoms with Crippen molar-refractivity contribution < 1.29 is 50.2 Å². The fourth-order valence-electron chi connectivity index (χ4n) is 3.87. The zero-order valence-corrected chi connectivity index (χ0v) is 18.3. The van der Waals surface area contributed by atoms with Crippen LogP contribution in [0.1, 0.15) is 42.1 Å². The molecule has 1 saturated heterocycles. The number of hydrogen-bond acceptors (Lipinski definition) is 5. The first-order valence-electron chi connectivity index (χ1n) is 10.2. The molecule has 1 heterocycles. The zero-order chi connectivity index (χ0) is 26.1. The minimum Gasteiger partial charge on any atom is -0.455 e. The van der Waals surface area contributed by atoms with E-state index in [1.807, 2.05) is 0 Å². The van der Waals surface area contributed by atoms with Gasteiger partial charge >= 0.3 is 24.3 Å². The predicted octanol–water partition coefficient (Wildman–Crippen LogP) is 4.67. The number of carbonyl (C=O) groups is 3. The number of alkyl halides is 6. The molecular weight excluding hydrogens is 484 g/mol. The van der Waals surface area contributed by atoms with Crippen molar-refractivity contribution in [2.24, 2.45) is 0 Å². The highest BCUT2D eigenvalue weighted by Crippen LogP contribution is 2.43. The standard InChI is InChI=1S/C23H19F6NO5/c1-12(31)34-19-18(15-8-16(22(24,25)26)10-17(9-15)23(27,28)29)30(11-14-6-4-3-5-7-14)21(33)20(19)35-13(2)32/h3-10,18-20H,11H2,1-2H3/t18?,19-,20+/m0/s1. The summed E-state index contributed by atoms with van der Waals surface area (Å²) in [5, 5.41) is 0. The SMILES string of the molecule is CC(=O)O[C@H]1C(=O)N(Cc2ccccc2)C(c2cc(C(F)(F)F)cc(C(F)(F)F)c2)[C@@H]1OC(C)=O. The summed E-state index contributed by atoms with van der Waals surface area (Å²) in [5.41, 5.74) is -3.31. The van der Waals surface area contributed by atoms with E-state index in [1.54, 1.807) is 30.3 Å². The van der Waals surface area contributed by atoms with Crippen LogP contribution in [-0.4, -0.2) is 35.0 Å². The highest BCUT2D eigenvalue weighted by molar-refractivity contribution is 5.88. The second kappa shape index (κ2) is 9.59. The highest BCUT2D eigenvalue weighted by atomic mass is 19.4. The quantitative estimate of drug-likeness (QED) is 0.438. The summed E-state index contributed by atoms with van der Waals surface area (Å²) in [7, 11) is 0. The van der Waals surface area contributed by atoms with Crippen molar-refractivity contribution >= 4 is 17.8 Å². The Bertz CT molecular complexity index is 1080. The van der Waals surface area contributed by atoms with Crippen molar-refractivity contribution in [3.63, 3.8) is 0 Å². The second-order valence-electron chi connectivity index (χ2n) is 7.84. The van der Waals surface area contributed by atoms with E-state index >= 15 is 0 Å². The lowest BCUT2D eigenvalue weighted by Crippen LogP contribution is -2.36. The number of carbonyl (C=O) groups excluding carboxylic acids is 3. The lowest BCUT2D eigenvalue weighted by Gasteiger charge is -2.29. The minimum atomic E-state index is -5.14. The van der Waals surface area contributed by atoms with Crippen LogP contribution < -0.4 is 0 Å². The maximum absolute atomic E-state index is 13.5. The Morgan fingerprint density at radius 3 is 1.83 bits per heavy atom. The topological polar surface area (TPSA) is 72.9 Å². The summed E-state index contributed by atoms with van der Waals surface area (Å²) < 4.78 is 91.1. The summed E-state index contributed by atoms with van der Waals surface area (Å²) in [6, 6.07) is 7.31. The van der Waals surface area contributed by atoms with Gasteiger partial charge < -0.3 is 14.4 Å². The zero-order valence-electron chi connectivity index (χ0n) is 18.3. The molecule has 0 saturated carbocycles. The third-order valence-corrected chi connectivity index (χ3v) is 5.21. The van der Waals surface area contributed by atoms with Crippen LogP contribution in [0.3, 0.4) is 0 Å². The Labute approximate surface area is 195 Å². The Hall–Kier alpha value is -3.57. The van der Waals surface area contributed by atoms with E-state index in [1.165, 1.54) is 0 Å². The van der Waals surface area contributed by atoms with Crippen molar-refractivity contribution in [1.82, 2.24) is 4.90 Å². The molecule has 0 aromatic heterocycles. The van der Waals surface area contributed by atoms with Gasteiger partial charge in [-0.15, -0.1) is 0 Å².